The van der Waals surface area contributed by atoms with Gasteiger partial charge in [-0.1, -0.05) is 0 Å². The maximum Gasteiger partial charge on any atom is 0.313 e. The van der Waals surface area contributed by atoms with E-state index in [4.69, 9.17) is 0 Å². The molecule has 1 heterocycles. The summed E-state index contributed by atoms with van der Waals surface area (Å²) in [7, 11) is 0. The van der Waals surface area contributed by atoms with Crippen LogP contribution in [0.15, 0.2) is 21.9 Å². The molecular weight excluding hydrogens is 156 g/mol. The highest BCUT2D eigenvalue weighted by atomic mass is 16.2. The Labute approximate surface area is 69.8 Å². The molecule has 4 heteroatoms. The summed E-state index contributed by atoms with van der Waals surface area (Å²) in [6.45, 7) is 5.55. The minimum absolute atomic E-state index is 0.377. The van der Waals surface area contributed by atoms with E-state index in [0.29, 0.717) is 0 Å². The third-order valence-electron chi connectivity index (χ3n) is 1.52. The first-order valence-corrected chi connectivity index (χ1v) is 3.74. The molecule has 0 saturated carbocycles. The normalized spacial score (nSPS) is 11.6. The van der Waals surface area contributed by atoms with E-state index in [1.54, 1.807) is 0 Å². The van der Waals surface area contributed by atoms with E-state index < -0.39 is 11.0 Å². The van der Waals surface area contributed by atoms with Gasteiger partial charge in [0, 0.05) is 12.3 Å². The highest BCUT2D eigenvalue weighted by molar-refractivity contribution is 4.89. The first kappa shape index (κ1) is 8.77. The Balaban J connectivity index is 3.47. The topological polar surface area (TPSA) is 54.9 Å². The molecule has 1 rings (SSSR count). The minimum atomic E-state index is -0.509. The van der Waals surface area contributed by atoms with Crippen molar-refractivity contribution >= 4 is 0 Å². The third-order valence-corrected chi connectivity index (χ3v) is 1.52. The predicted octanol–water partition coefficient (Wildman–Crippen LogP) is 0.292. The van der Waals surface area contributed by atoms with Gasteiger partial charge in [0.25, 0.3) is 0 Å². The van der Waals surface area contributed by atoms with Gasteiger partial charge in [-0.2, -0.15) is 0 Å². The average Bonchev–Trinajstić information content (AvgIpc) is 1.92. The van der Waals surface area contributed by atoms with Crippen molar-refractivity contribution < 1.29 is 0 Å². The van der Waals surface area contributed by atoms with E-state index in [-0.39, 0.29) is 5.54 Å². The van der Waals surface area contributed by atoms with Crippen LogP contribution in [-0.4, -0.2) is 9.78 Å². The Morgan fingerprint density at radius 1 is 1.33 bits per heavy atom. The van der Waals surface area contributed by atoms with Crippen molar-refractivity contribution in [3.63, 3.8) is 0 Å². The molecule has 1 N–H and O–H groups in total. The van der Waals surface area contributed by atoms with Gasteiger partial charge in [0.1, 0.15) is 0 Å². The van der Waals surface area contributed by atoms with Crippen LogP contribution in [0, 0.1) is 0 Å². The molecule has 0 aromatic carbocycles. The van der Waals surface area contributed by atoms with Crippen LogP contribution in [0.1, 0.15) is 20.8 Å². The molecule has 66 valence electrons. The molecular formula is C8H12N2O2. The van der Waals surface area contributed by atoms with Gasteiger partial charge in [-0.3, -0.25) is 9.59 Å². The maximum atomic E-state index is 11.2. The van der Waals surface area contributed by atoms with Crippen LogP contribution in [0.5, 0.6) is 0 Å². The van der Waals surface area contributed by atoms with Crippen molar-refractivity contribution in [1.82, 2.24) is 9.78 Å². The Morgan fingerprint density at radius 2 is 1.92 bits per heavy atom. The summed E-state index contributed by atoms with van der Waals surface area (Å²) in [5.41, 5.74) is -1.37. The van der Waals surface area contributed by atoms with E-state index in [1.165, 1.54) is 16.9 Å². The highest BCUT2D eigenvalue weighted by Crippen LogP contribution is 2.06. The molecule has 0 amide bonds. The van der Waals surface area contributed by atoms with Crippen molar-refractivity contribution in [2.45, 2.75) is 26.3 Å². The van der Waals surface area contributed by atoms with Crippen LogP contribution in [0.2, 0.25) is 0 Å². The molecule has 0 atom stereocenters. The summed E-state index contributed by atoms with van der Waals surface area (Å²) in [6.07, 6.45) is 1.47. The van der Waals surface area contributed by atoms with Crippen LogP contribution >= 0.6 is 0 Å². The lowest BCUT2D eigenvalue weighted by atomic mass is 10.1. The number of hydrogen-bond acceptors (Lipinski definition) is 2. The standard InChI is InChI=1S/C8H12N2O2/c1-8(2,3)10-7(12)6(11)4-5-9-10/h4-5,9H,1-3H3. The largest absolute Gasteiger partial charge is 0.313 e. The van der Waals surface area contributed by atoms with E-state index in [1.807, 2.05) is 20.8 Å². The molecule has 0 radical (unpaired) electrons. The summed E-state index contributed by atoms with van der Waals surface area (Å²) in [4.78, 5) is 22.2. The Hall–Kier alpha value is -1.32. The van der Waals surface area contributed by atoms with Crippen molar-refractivity contribution in [3.05, 3.63) is 32.8 Å². The summed E-state index contributed by atoms with van der Waals surface area (Å²) in [6, 6.07) is 1.23. The molecule has 1 aromatic heterocycles. The molecule has 0 aliphatic rings. The van der Waals surface area contributed by atoms with Crippen molar-refractivity contribution in [3.8, 4) is 0 Å². The molecule has 0 fully saturated rings. The zero-order chi connectivity index (χ0) is 9.35. The van der Waals surface area contributed by atoms with E-state index in [0.717, 1.165) is 0 Å². The van der Waals surface area contributed by atoms with Crippen molar-refractivity contribution in [2.24, 2.45) is 0 Å². The molecule has 0 aliphatic carbocycles. The Bertz CT molecular complexity index is 381. The molecule has 4 nitrogen and oxygen atoms in total. The zero-order valence-corrected chi connectivity index (χ0v) is 7.42. The highest BCUT2D eigenvalue weighted by Gasteiger charge is 2.15. The lowest BCUT2D eigenvalue weighted by molar-refractivity contribution is 0.336. The maximum absolute atomic E-state index is 11.2. The van der Waals surface area contributed by atoms with Gasteiger partial charge in [-0.05, 0) is 20.8 Å². The summed E-state index contributed by atoms with van der Waals surface area (Å²) in [5, 5.41) is 2.72. The first-order valence-electron chi connectivity index (χ1n) is 3.74. The number of aromatic amines is 1. The van der Waals surface area contributed by atoms with Gasteiger partial charge in [-0.15, -0.1) is 0 Å². The van der Waals surface area contributed by atoms with Gasteiger partial charge in [0.15, 0.2) is 0 Å². The molecule has 0 bridgehead atoms. The molecule has 1 aromatic rings. The molecule has 0 saturated heterocycles. The average molecular weight is 168 g/mol. The number of hydrogen-bond donors (Lipinski definition) is 1. The zero-order valence-electron chi connectivity index (χ0n) is 7.42. The van der Waals surface area contributed by atoms with E-state index in [2.05, 4.69) is 5.10 Å². The summed E-state index contributed by atoms with van der Waals surface area (Å²) >= 11 is 0. The number of rotatable bonds is 0. The SMILES string of the molecule is CC(C)(C)n1[nH]ccc(=O)c1=O. The number of nitrogens with zero attached hydrogens (tertiary/aromatic N) is 1. The fourth-order valence-electron chi connectivity index (χ4n) is 0.926. The third kappa shape index (κ3) is 1.47. The second-order valence-electron chi connectivity index (χ2n) is 3.64. The van der Waals surface area contributed by atoms with Gasteiger partial charge >= 0.3 is 5.56 Å². The van der Waals surface area contributed by atoms with Gasteiger partial charge in [0.2, 0.25) is 5.43 Å². The fraction of sp³-hybridized carbons (Fsp3) is 0.500. The fourth-order valence-corrected chi connectivity index (χ4v) is 0.926. The molecule has 0 aliphatic heterocycles. The summed E-state index contributed by atoms with van der Waals surface area (Å²) < 4.78 is 1.31. The Kier molecular flexibility index (Phi) is 1.92. The number of H-pyrrole nitrogens is 1. The van der Waals surface area contributed by atoms with Gasteiger partial charge in [0.05, 0.1) is 5.54 Å². The van der Waals surface area contributed by atoms with Crippen LogP contribution in [0.3, 0.4) is 0 Å². The second-order valence-corrected chi connectivity index (χ2v) is 3.64. The quantitative estimate of drug-likeness (QED) is 0.566. The second kappa shape index (κ2) is 2.62. The van der Waals surface area contributed by atoms with E-state index >= 15 is 0 Å². The van der Waals surface area contributed by atoms with Crippen LogP contribution < -0.4 is 11.0 Å². The molecule has 12 heavy (non-hydrogen) atoms. The van der Waals surface area contributed by atoms with Crippen LogP contribution in [0.4, 0.5) is 0 Å². The Morgan fingerprint density at radius 3 is 2.33 bits per heavy atom. The van der Waals surface area contributed by atoms with Crippen molar-refractivity contribution in [1.29, 1.82) is 0 Å². The predicted molar refractivity (Wildman–Crippen MR) is 46.3 cm³/mol. The lowest BCUT2D eigenvalue weighted by Gasteiger charge is -2.20. The first-order chi connectivity index (χ1) is 5.43. The van der Waals surface area contributed by atoms with E-state index in [9.17, 15) is 9.59 Å². The van der Waals surface area contributed by atoms with Crippen LogP contribution in [0.25, 0.3) is 0 Å². The number of nitrogens with one attached hydrogen (secondary N) is 1. The lowest BCUT2D eigenvalue weighted by Crippen LogP contribution is -2.42. The minimum Gasteiger partial charge on any atom is -0.302 e. The smallest absolute Gasteiger partial charge is 0.302 e. The summed E-state index contributed by atoms with van der Waals surface area (Å²) in [5.74, 6) is 0. The monoisotopic (exact) mass is 168 g/mol. The van der Waals surface area contributed by atoms with Gasteiger partial charge < -0.3 is 5.10 Å². The van der Waals surface area contributed by atoms with Crippen LogP contribution in [-0.2, 0) is 5.54 Å². The molecule has 0 unspecified atom stereocenters. The van der Waals surface area contributed by atoms with Gasteiger partial charge in [-0.25, -0.2) is 4.68 Å². The molecule has 0 spiro atoms. The van der Waals surface area contributed by atoms with Crippen molar-refractivity contribution in [2.75, 3.05) is 0 Å². The number of aromatic nitrogens is 2.